The summed E-state index contributed by atoms with van der Waals surface area (Å²) in [5.74, 6) is -0.648. The number of carboxylic acids is 1. The van der Waals surface area contributed by atoms with Gasteiger partial charge in [-0.3, -0.25) is 4.79 Å². The van der Waals surface area contributed by atoms with E-state index in [0.717, 1.165) is 12.8 Å². The molecule has 1 fully saturated rings. The summed E-state index contributed by atoms with van der Waals surface area (Å²) >= 11 is 1.34. The normalized spacial score (nSPS) is 16.1. The Labute approximate surface area is 114 Å². The highest BCUT2D eigenvalue weighted by Crippen LogP contribution is 2.51. The maximum Gasteiger partial charge on any atom is 0.360 e. The van der Waals surface area contributed by atoms with Crippen molar-refractivity contribution >= 4 is 23.7 Å². The van der Waals surface area contributed by atoms with Crippen molar-refractivity contribution < 1.29 is 23.8 Å². The number of carbonyl (C=O) groups is 2. The van der Waals surface area contributed by atoms with E-state index in [2.05, 4.69) is 4.98 Å². The number of rotatable bonds is 7. The van der Waals surface area contributed by atoms with Crippen LogP contribution < -0.4 is 0 Å². The van der Waals surface area contributed by atoms with Gasteiger partial charge in [0.2, 0.25) is 0 Å². The van der Waals surface area contributed by atoms with Gasteiger partial charge in [0.05, 0.1) is 13.0 Å². The second-order valence-corrected chi connectivity index (χ2v) is 5.50. The van der Waals surface area contributed by atoms with Crippen LogP contribution in [0, 0.1) is 5.41 Å². The standard InChI is InChI=1S/C12H15NO5S/c1-2-17-10(16)8-6-18-11(13-8)19-7-12(3-4-12)5-9(14)15/h6H,2-5,7H2,1H3,(H,14,15). The molecular formula is C12H15NO5S. The minimum atomic E-state index is -0.780. The van der Waals surface area contributed by atoms with E-state index in [-0.39, 0.29) is 24.1 Å². The number of aliphatic carboxylic acids is 1. The zero-order valence-electron chi connectivity index (χ0n) is 10.5. The molecule has 104 valence electrons. The Morgan fingerprint density at radius 1 is 1.58 bits per heavy atom. The maximum absolute atomic E-state index is 11.4. The van der Waals surface area contributed by atoms with E-state index in [4.69, 9.17) is 14.3 Å². The predicted molar refractivity (Wildman–Crippen MR) is 67.1 cm³/mol. The Hall–Kier alpha value is -1.50. The molecule has 0 radical (unpaired) electrons. The molecule has 0 aromatic carbocycles. The molecule has 1 aromatic rings. The summed E-state index contributed by atoms with van der Waals surface area (Å²) in [6.45, 7) is 2.01. The predicted octanol–water partition coefficient (Wildman–Crippen LogP) is 2.20. The van der Waals surface area contributed by atoms with Crippen molar-refractivity contribution in [3.63, 3.8) is 0 Å². The molecule has 19 heavy (non-hydrogen) atoms. The second kappa shape index (κ2) is 5.64. The van der Waals surface area contributed by atoms with Crippen molar-refractivity contribution in [3.8, 4) is 0 Å². The molecule has 1 aliphatic carbocycles. The molecule has 6 nitrogen and oxygen atoms in total. The summed E-state index contributed by atoms with van der Waals surface area (Å²) in [4.78, 5) is 26.1. The van der Waals surface area contributed by atoms with Gasteiger partial charge in [-0.25, -0.2) is 4.79 Å². The lowest BCUT2D eigenvalue weighted by molar-refractivity contribution is -0.138. The lowest BCUT2D eigenvalue weighted by atomic mass is 10.1. The van der Waals surface area contributed by atoms with Crippen LogP contribution in [0.1, 0.15) is 36.7 Å². The van der Waals surface area contributed by atoms with Crippen LogP contribution >= 0.6 is 11.8 Å². The lowest BCUT2D eigenvalue weighted by Crippen LogP contribution is -2.11. The molecule has 1 aliphatic rings. The average Bonchev–Trinajstić information content (AvgIpc) is 2.92. The monoisotopic (exact) mass is 285 g/mol. The number of oxazole rings is 1. The van der Waals surface area contributed by atoms with Crippen molar-refractivity contribution in [1.29, 1.82) is 0 Å². The molecule has 1 saturated carbocycles. The Morgan fingerprint density at radius 3 is 2.89 bits per heavy atom. The van der Waals surface area contributed by atoms with Gasteiger partial charge < -0.3 is 14.3 Å². The minimum absolute atomic E-state index is 0.130. The van der Waals surface area contributed by atoms with E-state index in [1.165, 1.54) is 18.0 Å². The quantitative estimate of drug-likeness (QED) is 0.606. The first-order valence-electron chi connectivity index (χ1n) is 6.02. The van der Waals surface area contributed by atoms with Gasteiger partial charge in [0.1, 0.15) is 6.26 Å². The summed E-state index contributed by atoms with van der Waals surface area (Å²) in [6.07, 6.45) is 3.26. The third kappa shape index (κ3) is 3.73. The van der Waals surface area contributed by atoms with Crippen LogP contribution in [0.25, 0.3) is 0 Å². The fourth-order valence-corrected chi connectivity index (χ4v) is 2.81. The summed E-state index contributed by atoms with van der Waals surface area (Å²) in [5, 5.41) is 9.19. The van der Waals surface area contributed by atoms with Crippen molar-refractivity contribution in [2.45, 2.75) is 31.4 Å². The first-order valence-corrected chi connectivity index (χ1v) is 7.00. The number of ether oxygens (including phenoxy) is 1. The smallest absolute Gasteiger partial charge is 0.360 e. The molecular weight excluding hydrogens is 270 g/mol. The average molecular weight is 285 g/mol. The third-order valence-electron chi connectivity index (χ3n) is 2.95. The number of carbonyl (C=O) groups excluding carboxylic acids is 1. The van der Waals surface area contributed by atoms with Gasteiger partial charge in [-0.05, 0) is 25.2 Å². The molecule has 1 heterocycles. The van der Waals surface area contributed by atoms with Crippen molar-refractivity contribution in [1.82, 2.24) is 4.98 Å². The van der Waals surface area contributed by atoms with Crippen LogP contribution in [-0.2, 0) is 9.53 Å². The SMILES string of the molecule is CCOC(=O)c1coc(SCC2(CC(=O)O)CC2)n1. The van der Waals surface area contributed by atoms with Gasteiger partial charge in [0.25, 0.3) is 5.22 Å². The van der Waals surface area contributed by atoms with Crippen molar-refractivity contribution in [2.24, 2.45) is 5.41 Å². The van der Waals surface area contributed by atoms with Gasteiger partial charge in [-0.2, -0.15) is 4.98 Å². The first-order chi connectivity index (χ1) is 9.04. The molecule has 0 unspecified atom stereocenters. The van der Waals surface area contributed by atoms with E-state index >= 15 is 0 Å². The summed E-state index contributed by atoms with van der Waals surface area (Å²) in [5.41, 5.74) is 0.0159. The Morgan fingerprint density at radius 2 is 2.32 bits per heavy atom. The highest BCUT2D eigenvalue weighted by atomic mass is 32.2. The zero-order chi connectivity index (χ0) is 13.9. The van der Waals surface area contributed by atoms with Gasteiger partial charge in [-0.1, -0.05) is 11.8 Å². The molecule has 1 N–H and O–H groups in total. The fourth-order valence-electron chi connectivity index (χ4n) is 1.71. The Bertz CT molecular complexity index is 480. The number of nitrogens with zero attached hydrogens (tertiary/aromatic N) is 1. The van der Waals surface area contributed by atoms with Gasteiger partial charge in [0.15, 0.2) is 5.69 Å². The molecule has 7 heteroatoms. The molecule has 0 spiro atoms. The van der Waals surface area contributed by atoms with E-state index in [1.54, 1.807) is 6.92 Å². The summed E-state index contributed by atoms with van der Waals surface area (Å²) < 4.78 is 9.97. The van der Waals surface area contributed by atoms with Crippen molar-refractivity contribution in [2.75, 3.05) is 12.4 Å². The molecule has 0 saturated heterocycles. The number of carboxylic acid groups (broad SMARTS) is 1. The topological polar surface area (TPSA) is 89.6 Å². The van der Waals surface area contributed by atoms with Gasteiger partial charge in [-0.15, -0.1) is 0 Å². The Kier molecular flexibility index (Phi) is 4.14. The van der Waals surface area contributed by atoms with Crippen LogP contribution in [-0.4, -0.2) is 34.4 Å². The van der Waals surface area contributed by atoms with Crippen LogP contribution in [0.3, 0.4) is 0 Å². The van der Waals surface area contributed by atoms with Crippen LogP contribution in [0.5, 0.6) is 0 Å². The molecule has 1 aromatic heterocycles. The first kappa shape index (κ1) is 13.9. The Balaban J connectivity index is 1.87. The number of hydrogen-bond acceptors (Lipinski definition) is 6. The fraction of sp³-hybridized carbons (Fsp3) is 0.583. The van der Waals surface area contributed by atoms with Crippen molar-refractivity contribution in [3.05, 3.63) is 12.0 Å². The number of aromatic nitrogens is 1. The summed E-state index contributed by atoms with van der Waals surface area (Å²) in [6, 6.07) is 0. The molecule has 0 amide bonds. The van der Waals surface area contributed by atoms with E-state index in [9.17, 15) is 9.59 Å². The summed E-state index contributed by atoms with van der Waals surface area (Å²) in [7, 11) is 0. The highest BCUT2D eigenvalue weighted by molar-refractivity contribution is 7.99. The van der Waals surface area contributed by atoms with Crippen LogP contribution in [0.2, 0.25) is 0 Å². The number of hydrogen-bond donors (Lipinski definition) is 1. The maximum atomic E-state index is 11.4. The largest absolute Gasteiger partial charge is 0.481 e. The van der Waals surface area contributed by atoms with Crippen LogP contribution in [0.15, 0.2) is 15.9 Å². The number of thioether (sulfide) groups is 1. The van der Waals surface area contributed by atoms with Crippen LogP contribution in [0.4, 0.5) is 0 Å². The second-order valence-electron chi connectivity index (χ2n) is 4.58. The molecule has 0 aliphatic heterocycles. The molecule has 0 bridgehead atoms. The molecule has 0 atom stereocenters. The van der Waals surface area contributed by atoms with E-state index in [1.807, 2.05) is 0 Å². The van der Waals surface area contributed by atoms with E-state index < -0.39 is 11.9 Å². The number of esters is 1. The molecule has 2 rings (SSSR count). The van der Waals surface area contributed by atoms with Gasteiger partial charge >= 0.3 is 11.9 Å². The third-order valence-corrected chi connectivity index (χ3v) is 4.14. The lowest BCUT2D eigenvalue weighted by Gasteiger charge is -2.09. The zero-order valence-corrected chi connectivity index (χ0v) is 11.4. The minimum Gasteiger partial charge on any atom is -0.481 e. The van der Waals surface area contributed by atoms with Gasteiger partial charge in [0, 0.05) is 5.75 Å². The van der Waals surface area contributed by atoms with E-state index in [0.29, 0.717) is 11.0 Å². The highest BCUT2D eigenvalue weighted by Gasteiger charge is 2.44.